The molecule has 0 fully saturated rings. The van der Waals surface area contributed by atoms with Crippen molar-refractivity contribution >= 4 is 35.2 Å². The van der Waals surface area contributed by atoms with Gasteiger partial charge in [-0.1, -0.05) is 23.5 Å². The van der Waals surface area contributed by atoms with Gasteiger partial charge < -0.3 is 14.6 Å². The number of aliphatic hydroxyl groups is 1. The Morgan fingerprint density at radius 2 is 2.33 bits per heavy atom. The van der Waals surface area contributed by atoms with Gasteiger partial charge in [-0.2, -0.15) is 0 Å². The molecule has 2 N–H and O–H groups in total. The van der Waals surface area contributed by atoms with Crippen LogP contribution in [0.3, 0.4) is 0 Å². The molecule has 1 rings (SSSR count). The van der Waals surface area contributed by atoms with Gasteiger partial charge >= 0.3 is 5.97 Å². The molecule has 0 amide bonds. The van der Waals surface area contributed by atoms with Gasteiger partial charge in [0.1, 0.15) is 5.82 Å². The van der Waals surface area contributed by atoms with Crippen molar-refractivity contribution in [3.63, 3.8) is 0 Å². The maximum Gasteiger partial charge on any atom is 0.339 e. The highest BCUT2D eigenvalue weighted by atomic mass is 35.5. The molecule has 0 unspecified atom stereocenters. The number of hydrogen-bond acceptors (Lipinski definition) is 5. The van der Waals surface area contributed by atoms with Crippen LogP contribution in [0, 0.1) is 5.82 Å². The van der Waals surface area contributed by atoms with Gasteiger partial charge in [-0.15, -0.1) is 0 Å². The Bertz CT molecular complexity index is 431. The van der Waals surface area contributed by atoms with Crippen molar-refractivity contribution in [3.8, 4) is 0 Å². The zero-order valence-corrected chi connectivity index (χ0v) is 11.3. The van der Waals surface area contributed by atoms with Crippen molar-refractivity contribution in [1.82, 2.24) is 0 Å². The third-order valence-corrected chi connectivity index (χ3v) is 3.29. The predicted octanol–water partition coefficient (Wildman–Crippen LogP) is 2.71. The molecule has 0 aliphatic heterocycles. The zero-order chi connectivity index (χ0) is 13.5. The number of rotatable bonds is 6. The molecule has 100 valence electrons. The molecule has 0 saturated carbocycles. The third-order valence-electron chi connectivity index (χ3n) is 2.03. The molecule has 18 heavy (non-hydrogen) atoms. The van der Waals surface area contributed by atoms with Crippen LogP contribution in [0.4, 0.5) is 10.1 Å². The molecule has 4 nitrogen and oxygen atoms in total. The van der Waals surface area contributed by atoms with E-state index in [1.807, 2.05) is 0 Å². The van der Waals surface area contributed by atoms with E-state index >= 15 is 0 Å². The number of hydrogen-bond donors (Lipinski definition) is 2. The second-order valence-electron chi connectivity index (χ2n) is 3.34. The van der Waals surface area contributed by atoms with E-state index in [1.54, 1.807) is 0 Å². The quantitative estimate of drug-likeness (QED) is 0.480. The number of ether oxygens (including phenoxy) is 1. The fourth-order valence-corrected chi connectivity index (χ4v) is 2.02. The first-order valence-corrected chi connectivity index (χ1v) is 6.52. The Kier molecular flexibility index (Phi) is 6.24. The average Bonchev–Trinajstić information content (AvgIpc) is 2.37. The molecule has 0 bridgehead atoms. The second-order valence-corrected chi connectivity index (χ2v) is 4.62. The topological polar surface area (TPSA) is 58.6 Å². The fourth-order valence-electron chi connectivity index (χ4n) is 1.18. The summed E-state index contributed by atoms with van der Waals surface area (Å²) in [6, 6.07) is 2.61. The molecular weight excluding hydrogens is 281 g/mol. The van der Waals surface area contributed by atoms with Crippen molar-refractivity contribution in [2.75, 3.05) is 24.2 Å². The summed E-state index contributed by atoms with van der Waals surface area (Å²) in [7, 11) is 1.20. The molecule has 7 heteroatoms. The third kappa shape index (κ3) is 4.04. The number of carbonyl (C=O) groups is 1. The van der Waals surface area contributed by atoms with E-state index in [1.165, 1.54) is 31.2 Å². The van der Waals surface area contributed by atoms with E-state index in [4.69, 9.17) is 16.7 Å². The maximum atomic E-state index is 13.5. The highest BCUT2D eigenvalue weighted by Gasteiger charge is 2.16. The Hall–Kier alpha value is -0.980. The number of halogens is 2. The van der Waals surface area contributed by atoms with Gasteiger partial charge in [0.25, 0.3) is 0 Å². The van der Waals surface area contributed by atoms with E-state index in [0.29, 0.717) is 17.9 Å². The number of methoxy groups -OCH3 is 1. The van der Waals surface area contributed by atoms with Crippen LogP contribution in [0.1, 0.15) is 16.8 Å². The standard InChI is InChI=1S/C11H13ClFNO3S/c1-17-11(16)8-5-7(6-9(13)10(8)12)14-18-4-2-3-15/h5-6,14-15H,2-4H2,1H3. The Morgan fingerprint density at radius 3 is 2.94 bits per heavy atom. The number of esters is 1. The first kappa shape index (κ1) is 15.1. The van der Waals surface area contributed by atoms with Crippen LogP contribution in [0.15, 0.2) is 12.1 Å². The minimum atomic E-state index is -0.692. The largest absolute Gasteiger partial charge is 0.465 e. The molecule has 0 spiro atoms. The zero-order valence-electron chi connectivity index (χ0n) is 9.70. The summed E-state index contributed by atoms with van der Waals surface area (Å²) in [6.45, 7) is 0.0943. The van der Waals surface area contributed by atoms with Crippen LogP contribution in [-0.4, -0.2) is 30.5 Å². The van der Waals surface area contributed by atoms with Crippen LogP contribution < -0.4 is 4.72 Å². The van der Waals surface area contributed by atoms with Crippen molar-refractivity contribution < 1.29 is 19.0 Å². The van der Waals surface area contributed by atoms with E-state index in [-0.39, 0.29) is 17.2 Å². The lowest BCUT2D eigenvalue weighted by Gasteiger charge is -2.09. The van der Waals surface area contributed by atoms with Crippen molar-refractivity contribution in [2.24, 2.45) is 0 Å². The fraction of sp³-hybridized carbons (Fsp3) is 0.364. The Morgan fingerprint density at radius 1 is 1.61 bits per heavy atom. The first-order chi connectivity index (χ1) is 8.60. The van der Waals surface area contributed by atoms with Crippen LogP contribution in [0.5, 0.6) is 0 Å². The highest BCUT2D eigenvalue weighted by molar-refractivity contribution is 8.00. The van der Waals surface area contributed by atoms with Gasteiger partial charge in [-0.25, -0.2) is 9.18 Å². The van der Waals surface area contributed by atoms with Crippen LogP contribution >= 0.6 is 23.5 Å². The monoisotopic (exact) mass is 293 g/mol. The van der Waals surface area contributed by atoms with Gasteiger partial charge in [0.15, 0.2) is 0 Å². The average molecular weight is 294 g/mol. The molecular formula is C11H13ClFNO3S. The Balaban J connectivity index is 2.81. The molecule has 0 saturated heterocycles. The summed E-state index contributed by atoms with van der Waals surface area (Å²) in [5.74, 6) is -0.721. The summed E-state index contributed by atoms with van der Waals surface area (Å²) in [6.07, 6.45) is 0.623. The second kappa shape index (κ2) is 7.45. The predicted molar refractivity (Wildman–Crippen MR) is 70.5 cm³/mol. The molecule has 0 radical (unpaired) electrons. The lowest BCUT2D eigenvalue weighted by atomic mass is 10.2. The van der Waals surface area contributed by atoms with Crippen molar-refractivity contribution in [1.29, 1.82) is 0 Å². The minimum Gasteiger partial charge on any atom is -0.465 e. The normalized spacial score (nSPS) is 10.2. The molecule has 1 aromatic rings. The van der Waals surface area contributed by atoms with E-state index in [9.17, 15) is 9.18 Å². The van der Waals surface area contributed by atoms with Crippen molar-refractivity contribution in [3.05, 3.63) is 28.5 Å². The van der Waals surface area contributed by atoms with Gasteiger partial charge in [0.2, 0.25) is 0 Å². The van der Waals surface area contributed by atoms with Gasteiger partial charge in [0.05, 0.1) is 17.7 Å². The smallest absolute Gasteiger partial charge is 0.339 e. The first-order valence-electron chi connectivity index (χ1n) is 5.16. The molecule has 0 aliphatic carbocycles. The molecule has 0 aromatic heterocycles. The van der Waals surface area contributed by atoms with Gasteiger partial charge in [0, 0.05) is 18.0 Å². The minimum absolute atomic E-state index is 0.0237. The number of nitrogens with one attached hydrogen (secondary N) is 1. The van der Waals surface area contributed by atoms with E-state index in [0.717, 1.165) is 0 Å². The van der Waals surface area contributed by atoms with Gasteiger partial charge in [-0.05, 0) is 18.6 Å². The van der Waals surface area contributed by atoms with Crippen LogP contribution in [0.2, 0.25) is 5.02 Å². The number of aliphatic hydroxyl groups excluding tert-OH is 1. The van der Waals surface area contributed by atoms with E-state index in [2.05, 4.69) is 9.46 Å². The lowest BCUT2D eigenvalue weighted by Crippen LogP contribution is -2.04. The van der Waals surface area contributed by atoms with Crippen LogP contribution in [-0.2, 0) is 4.74 Å². The summed E-state index contributed by atoms with van der Waals surface area (Å²) >= 11 is 6.98. The summed E-state index contributed by atoms with van der Waals surface area (Å²) in [5, 5.41) is 8.36. The van der Waals surface area contributed by atoms with E-state index < -0.39 is 11.8 Å². The van der Waals surface area contributed by atoms with Crippen molar-refractivity contribution in [2.45, 2.75) is 6.42 Å². The highest BCUT2D eigenvalue weighted by Crippen LogP contribution is 2.26. The molecule has 0 heterocycles. The number of carbonyl (C=O) groups excluding carboxylic acids is 1. The Labute approximate surface area is 114 Å². The molecule has 0 atom stereocenters. The summed E-state index contributed by atoms with van der Waals surface area (Å²) < 4.78 is 20.9. The maximum absolute atomic E-state index is 13.5. The molecule has 1 aromatic carbocycles. The molecule has 0 aliphatic rings. The summed E-state index contributed by atoms with van der Waals surface area (Å²) in [5.41, 5.74) is 0.393. The summed E-state index contributed by atoms with van der Waals surface area (Å²) in [4.78, 5) is 11.4. The SMILES string of the molecule is COC(=O)c1cc(NSCCCO)cc(F)c1Cl. The lowest BCUT2D eigenvalue weighted by molar-refractivity contribution is 0.0600. The number of benzene rings is 1. The number of anilines is 1. The van der Waals surface area contributed by atoms with Crippen LogP contribution in [0.25, 0.3) is 0 Å². The van der Waals surface area contributed by atoms with Gasteiger partial charge in [-0.3, -0.25) is 0 Å².